The number of anilines is 2. The summed E-state index contributed by atoms with van der Waals surface area (Å²) in [4.78, 5) is 41.4. The molecule has 8 heteroatoms. The maximum Gasteiger partial charge on any atom is 0.335 e. The number of allylic oxidation sites excluding steroid dienone is 1. The number of halogens is 2. The van der Waals surface area contributed by atoms with Gasteiger partial charge in [0.1, 0.15) is 5.57 Å². The Bertz CT molecular complexity index is 1290. The van der Waals surface area contributed by atoms with Crippen molar-refractivity contribution in [1.29, 1.82) is 0 Å². The number of aryl methyl sites for hydroxylation is 1. The van der Waals surface area contributed by atoms with Gasteiger partial charge in [-0.25, -0.2) is 9.69 Å². The van der Waals surface area contributed by atoms with Crippen molar-refractivity contribution in [1.82, 2.24) is 5.32 Å². The summed E-state index contributed by atoms with van der Waals surface area (Å²) >= 11 is 12.0. The highest BCUT2D eigenvalue weighted by Crippen LogP contribution is 2.40. The van der Waals surface area contributed by atoms with E-state index in [-0.39, 0.29) is 21.8 Å². The minimum absolute atomic E-state index is 0.135. The van der Waals surface area contributed by atoms with Gasteiger partial charge in [-0.1, -0.05) is 29.3 Å². The minimum atomic E-state index is -0.842. The van der Waals surface area contributed by atoms with Gasteiger partial charge >= 0.3 is 6.03 Å². The largest absolute Gasteiger partial charge is 0.365 e. The Balaban J connectivity index is 1.79. The van der Waals surface area contributed by atoms with Crippen molar-refractivity contribution in [2.75, 3.05) is 16.8 Å². The van der Waals surface area contributed by atoms with Gasteiger partial charge in [0.05, 0.1) is 21.3 Å². The van der Waals surface area contributed by atoms with Crippen LogP contribution in [0.2, 0.25) is 10.0 Å². The van der Waals surface area contributed by atoms with E-state index in [4.69, 9.17) is 23.2 Å². The first-order valence-electron chi connectivity index (χ1n) is 10.4. The van der Waals surface area contributed by atoms with Crippen LogP contribution < -0.4 is 15.1 Å². The van der Waals surface area contributed by atoms with Crippen LogP contribution in [0.1, 0.15) is 37.5 Å². The summed E-state index contributed by atoms with van der Waals surface area (Å²) in [5, 5.41) is 2.72. The standard InChI is InChI=1S/C25H23Cl2N3O3/c1-13-8-21-17(14(2)12-25(3,4)29(21)5)9-15(13)10-18-22(31)28-24(33)30(23(18)32)16-6-7-19(26)20(27)11-16/h6-12H,1-5H3,(H,28,31,33)/b18-10+. The Labute approximate surface area is 202 Å². The molecule has 1 N–H and O–H groups in total. The fourth-order valence-corrected chi connectivity index (χ4v) is 4.44. The van der Waals surface area contributed by atoms with E-state index in [1.54, 1.807) is 0 Å². The molecule has 0 saturated carbocycles. The molecule has 0 aliphatic carbocycles. The van der Waals surface area contributed by atoms with Crippen LogP contribution in [0.3, 0.4) is 0 Å². The van der Waals surface area contributed by atoms with Crippen LogP contribution >= 0.6 is 23.2 Å². The molecular weight excluding hydrogens is 461 g/mol. The first-order chi connectivity index (χ1) is 15.4. The minimum Gasteiger partial charge on any atom is -0.365 e. The summed E-state index contributed by atoms with van der Waals surface area (Å²) in [6.07, 6.45) is 3.71. The molecule has 170 valence electrons. The predicted octanol–water partition coefficient (Wildman–Crippen LogP) is 5.60. The van der Waals surface area contributed by atoms with Gasteiger partial charge < -0.3 is 4.90 Å². The smallest absolute Gasteiger partial charge is 0.335 e. The summed E-state index contributed by atoms with van der Waals surface area (Å²) in [6, 6.07) is 7.56. The van der Waals surface area contributed by atoms with E-state index < -0.39 is 17.8 Å². The predicted molar refractivity (Wildman–Crippen MR) is 133 cm³/mol. The number of nitrogens with one attached hydrogen (secondary N) is 1. The number of carbonyl (C=O) groups is 3. The summed E-state index contributed by atoms with van der Waals surface area (Å²) in [5.41, 5.74) is 4.77. The fourth-order valence-electron chi connectivity index (χ4n) is 4.14. The van der Waals surface area contributed by atoms with Crippen molar-refractivity contribution in [2.24, 2.45) is 0 Å². The Morgan fingerprint density at radius 2 is 1.70 bits per heavy atom. The number of benzene rings is 2. The van der Waals surface area contributed by atoms with E-state index in [2.05, 4.69) is 30.1 Å². The molecule has 4 amide bonds. The summed E-state index contributed by atoms with van der Waals surface area (Å²) in [5.74, 6) is -1.48. The lowest BCUT2D eigenvalue weighted by atomic mass is 9.87. The number of nitrogens with zero attached hydrogens (tertiary/aromatic N) is 2. The SMILES string of the molecule is CC1=CC(C)(C)N(C)c2cc(C)c(/C=C3\C(=O)NC(=O)N(c4ccc(Cl)c(Cl)c4)C3=O)cc21. The number of likely N-dealkylation sites (N-methyl/N-ethyl adjacent to an activating group) is 1. The van der Waals surface area contributed by atoms with Gasteiger partial charge in [0.25, 0.3) is 11.8 Å². The Hall–Kier alpha value is -3.09. The van der Waals surface area contributed by atoms with Crippen molar-refractivity contribution in [3.63, 3.8) is 0 Å². The second-order valence-corrected chi connectivity index (χ2v) is 9.64. The lowest BCUT2D eigenvalue weighted by molar-refractivity contribution is -0.122. The van der Waals surface area contributed by atoms with E-state index in [0.717, 1.165) is 32.9 Å². The summed E-state index contributed by atoms with van der Waals surface area (Å²) in [6.45, 7) is 8.26. The number of carbonyl (C=O) groups excluding carboxylic acids is 3. The molecule has 1 saturated heterocycles. The van der Waals surface area contributed by atoms with Gasteiger partial charge in [0.2, 0.25) is 0 Å². The molecule has 2 aromatic rings. The van der Waals surface area contributed by atoms with E-state index in [9.17, 15) is 14.4 Å². The van der Waals surface area contributed by atoms with Gasteiger partial charge in [-0.3, -0.25) is 14.9 Å². The maximum atomic E-state index is 13.2. The molecule has 2 aliphatic rings. The molecule has 0 spiro atoms. The molecule has 0 bridgehead atoms. The van der Waals surface area contributed by atoms with E-state index in [1.165, 1.54) is 24.3 Å². The number of urea groups is 1. The summed E-state index contributed by atoms with van der Waals surface area (Å²) < 4.78 is 0. The number of rotatable bonds is 2. The van der Waals surface area contributed by atoms with Crippen LogP contribution in [-0.4, -0.2) is 30.4 Å². The molecule has 0 radical (unpaired) electrons. The van der Waals surface area contributed by atoms with E-state index >= 15 is 0 Å². The van der Waals surface area contributed by atoms with Crippen molar-refractivity contribution < 1.29 is 14.4 Å². The van der Waals surface area contributed by atoms with Crippen LogP contribution in [-0.2, 0) is 9.59 Å². The van der Waals surface area contributed by atoms with Crippen LogP contribution in [0.5, 0.6) is 0 Å². The molecule has 4 rings (SSSR count). The normalized spacial score (nSPS) is 18.9. The average molecular weight is 484 g/mol. The van der Waals surface area contributed by atoms with Crippen LogP contribution in [0, 0.1) is 6.92 Å². The maximum absolute atomic E-state index is 13.2. The van der Waals surface area contributed by atoms with Gasteiger partial charge in [0.15, 0.2) is 0 Å². The number of hydrogen-bond donors (Lipinski definition) is 1. The highest BCUT2D eigenvalue weighted by Gasteiger charge is 2.37. The molecule has 33 heavy (non-hydrogen) atoms. The lowest BCUT2D eigenvalue weighted by Crippen LogP contribution is -2.54. The average Bonchev–Trinajstić information content (AvgIpc) is 2.72. The van der Waals surface area contributed by atoms with Crippen LogP contribution in [0.25, 0.3) is 11.6 Å². The second kappa shape index (κ2) is 8.04. The molecule has 2 aromatic carbocycles. The van der Waals surface area contributed by atoms with Gasteiger partial charge in [-0.2, -0.15) is 0 Å². The quantitative estimate of drug-likeness (QED) is 0.445. The van der Waals surface area contributed by atoms with Gasteiger partial charge in [-0.15, -0.1) is 0 Å². The lowest BCUT2D eigenvalue weighted by Gasteiger charge is -2.41. The first kappa shape index (κ1) is 23.1. The topological polar surface area (TPSA) is 69.7 Å². The van der Waals surface area contributed by atoms with Gasteiger partial charge in [-0.05, 0) is 80.8 Å². The summed E-state index contributed by atoms with van der Waals surface area (Å²) in [7, 11) is 2.04. The zero-order valence-electron chi connectivity index (χ0n) is 18.9. The number of imide groups is 2. The third-order valence-electron chi connectivity index (χ3n) is 6.17. The zero-order chi connectivity index (χ0) is 24.2. The molecular formula is C25H23Cl2N3O3. The van der Waals surface area contributed by atoms with Crippen molar-refractivity contribution in [3.05, 3.63) is 68.7 Å². The van der Waals surface area contributed by atoms with E-state index in [1.807, 2.05) is 33.0 Å². The first-order valence-corrected chi connectivity index (χ1v) is 11.1. The number of amides is 4. The van der Waals surface area contributed by atoms with Crippen molar-refractivity contribution in [3.8, 4) is 0 Å². The third kappa shape index (κ3) is 3.94. The number of hydrogen-bond acceptors (Lipinski definition) is 4. The molecule has 2 aliphatic heterocycles. The van der Waals surface area contributed by atoms with Crippen LogP contribution in [0.4, 0.5) is 16.2 Å². The molecule has 0 unspecified atom stereocenters. The van der Waals surface area contributed by atoms with E-state index in [0.29, 0.717) is 5.02 Å². The molecule has 6 nitrogen and oxygen atoms in total. The van der Waals surface area contributed by atoms with Crippen molar-refractivity contribution in [2.45, 2.75) is 33.2 Å². The molecule has 0 aromatic heterocycles. The van der Waals surface area contributed by atoms with Crippen LogP contribution in [0.15, 0.2) is 42.0 Å². The number of barbiturate groups is 1. The highest BCUT2D eigenvalue weighted by molar-refractivity contribution is 6.43. The highest BCUT2D eigenvalue weighted by atomic mass is 35.5. The van der Waals surface area contributed by atoms with Crippen molar-refractivity contribution >= 4 is 64.1 Å². The van der Waals surface area contributed by atoms with Gasteiger partial charge in [0, 0.05) is 18.3 Å². The Kier molecular flexibility index (Phi) is 5.63. The Morgan fingerprint density at radius 1 is 1.00 bits per heavy atom. The molecule has 0 atom stereocenters. The fraction of sp³-hybridized carbons (Fsp3) is 0.240. The Morgan fingerprint density at radius 3 is 2.36 bits per heavy atom. The third-order valence-corrected chi connectivity index (χ3v) is 6.91. The molecule has 1 fully saturated rings. The number of fused-ring (bicyclic) bond motifs is 1. The monoisotopic (exact) mass is 483 g/mol. The zero-order valence-corrected chi connectivity index (χ0v) is 20.4. The molecule has 2 heterocycles. The second-order valence-electron chi connectivity index (χ2n) is 8.82.